The van der Waals surface area contributed by atoms with Crippen molar-refractivity contribution in [1.29, 1.82) is 5.26 Å². The number of pyridine rings is 1. The number of H-pyrrole nitrogens is 1. The molecule has 222 valence electrons. The highest BCUT2D eigenvalue weighted by Gasteiger charge is 2.19. The third kappa shape index (κ3) is 6.60. The molecule has 0 aliphatic heterocycles. The molecule has 0 spiro atoms. The zero-order chi connectivity index (χ0) is 31.2. The standard InChI is InChI=1S/C31H28FN9O3/c1-4-44-31(43)39-28-24-11-22(15-35-27(24)40-41-28)20-9-6-19(7-10-20)14-34-29-26(38-23(13-33)16-36-29)30(42)37-18(3)21-8-5-17(2)25(32)12-21/h5-12,15-16,18H,4,14H2,1-3H3,(H,34,36)(H,37,42)(H2,35,39,40,41,43)/t18-/m0/s1. The molecule has 2 aromatic carbocycles. The Hall–Kier alpha value is -5.90. The number of ether oxygens (including phenoxy) is 1. The molecule has 0 fully saturated rings. The Balaban J connectivity index is 1.29. The number of aromatic nitrogens is 5. The summed E-state index contributed by atoms with van der Waals surface area (Å²) in [5, 5.41) is 25.4. The highest BCUT2D eigenvalue weighted by Crippen LogP contribution is 2.27. The summed E-state index contributed by atoms with van der Waals surface area (Å²) in [5.74, 6) is -0.335. The van der Waals surface area contributed by atoms with Gasteiger partial charge in [-0.3, -0.25) is 15.2 Å². The molecule has 4 N–H and O–H groups in total. The number of hydrogen-bond acceptors (Lipinski definition) is 9. The molecule has 5 rings (SSSR count). The molecule has 0 bridgehead atoms. The van der Waals surface area contributed by atoms with Gasteiger partial charge in [-0.1, -0.05) is 36.4 Å². The second-order valence-electron chi connectivity index (χ2n) is 9.86. The first-order valence-corrected chi connectivity index (χ1v) is 13.7. The molecule has 0 saturated heterocycles. The van der Waals surface area contributed by atoms with E-state index in [0.29, 0.717) is 34.5 Å². The molecule has 0 aliphatic rings. The van der Waals surface area contributed by atoms with Gasteiger partial charge in [-0.25, -0.2) is 24.1 Å². The molecule has 0 unspecified atom stereocenters. The number of nitrogens with one attached hydrogen (secondary N) is 4. The van der Waals surface area contributed by atoms with Gasteiger partial charge in [-0.2, -0.15) is 10.4 Å². The van der Waals surface area contributed by atoms with Crippen molar-refractivity contribution in [1.82, 2.24) is 30.5 Å². The summed E-state index contributed by atoms with van der Waals surface area (Å²) in [5.41, 5.74) is 4.06. The van der Waals surface area contributed by atoms with Crippen molar-refractivity contribution in [3.05, 3.63) is 94.8 Å². The zero-order valence-corrected chi connectivity index (χ0v) is 24.1. The fraction of sp³-hybridized carbons (Fsp3) is 0.194. The Bertz CT molecular complexity index is 1880. The summed E-state index contributed by atoms with van der Waals surface area (Å²) in [6.07, 6.45) is 2.38. The van der Waals surface area contributed by atoms with Crippen molar-refractivity contribution in [3.8, 4) is 17.2 Å². The Kier molecular flexibility index (Phi) is 8.71. The number of nitriles is 1. The third-order valence-electron chi connectivity index (χ3n) is 6.80. The predicted molar refractivity (Wildman–Crippen MR) is 161 cm³/mol. The summed E-state index contributed by atoms with van der Waals surface area (Å²) in [4.78, 5) is 37.8. The average Bonchev–Trinajstić information content (AvgIpc) is 3.43. The SMILES string of the molecule is CCOC(=O)Nc1[nH]nc2ncc(-c3ccc(CNc4ncc(C#N)nc4C(=O)N[C@@H](C)c4ccc(C)c(F)c4)cc3)cc12. The summed E-state index contributed by atoms with van der Waals surface area (Å²) < 4.78 is 19.0. The minimum Gasteiger partial charge on any atom is -0.450 e. The minimum atomic E-state index is -0.593. The molecule has 44 heavy (non-hydrogen) atoms. The Morgan fingerprint density at radius 3 is 2.61 bits per heavy atom. The number of aromatic amines is 1. The van der Waals surface area contributed by atoms with E-state index in [-0.39, 0.29) is 29.6 Å². The Morgan fingerprint density at radius 2 is 1.89 bits per heavy atom. The fourth-order valence-electron chi connectivity index (χ4n) is 4.38. The molecule has 3 aromatic heterocycles. The van der Waals surface area contributed by atoms with Gasteiger partial charge in [0, 0.05) is 18.3 Å². The number of fused-ring (bicyclic) bond motifs is 1. The molecule has 0 aliphatic carbocycles. The van der Waals surface area contributed by atoms with E-state index in [0.717, 1.165) is 16.7 Å². The first kappa shape index (κ1) is 29.6. The summed E-state index contributed by atoms with van der Waals surface area (Å²) in [6, 6.07) is 15.7. The molecule has 0 radical (unpaired) electrons. The number of anilines is 2. The molecule has 3 heterocycles. The number of nitrogens with zero attached hydrogens (tertiary/aromatic N) is 5. The molecular weight excluding hydrogens is 565 g/mol. The van der Waals surface area contributed by atoms with E-state index in [1.165, 1.54) is 12.3 Å². The lowest BCUT2D eigenvalue weighted by Gasteiger charge is -2.16. The molecule has 0 saturated carbocycles. The molecular formula is C31H28FN9O3. The number of amides is 2. The zero-order valence-electron chi connectivity index (χ0n) is 24.1. The smallest absolute Gasteiger partial charge is 0.412 e. The minimum absolute atomic E-state index is 0.0112. The lowest BCUT2D eigenvalue weighted by molar-refractivity contribution is 0.0935. The van der Waals surface area contributed by atoms with Crippen LogP contribution < -0.4 is 16.0 Å². The van der Waals surface area contributed by atoms with Crippen LogP contribution in [0.1, 0.15) is 52.8 Å². The lowest BCUT2D eigenvalue weighted by Crippen LogP contribution is -2.29. The second-order valence-corrected chi connectivity index (χ2v) is 9.86. The molecule has 5 aromatic rings. The van der Waals surface area contributed by atoms with Crippen LogP contribution in [0.15, 0.2) is 60.9 Å². The van der Waals surface area contributed by atoms with E-state index in [2.05, 4.69) is 41.1 Å². The van der Waals surface area contributed by atoms with Crippen molar-refractivity contribution in [2.45, 2.75) is 33.4 Å². The average molecular weight is 594 g/mol. The van der Waals surface area contributed by atoms with Crippen LogP contribution in [0.3, 0.4) is 0 Å². The van der Waals surface area contributed by atoms with Crippen LogP contribution >= 0.6 is 0 Å². The van der Waals surface area contributed by atoms with Gasteiger partial charge in [0.2, 0.25) is 0 Å². The maximum absolute atomic E-state index is 14.1. The van der Waals surface area contributed by atoms with Crippen LogP contribution in [0.2, 0.25) is 0 Å². The van der Waals surface area contributed by atoms with Crippen LogP contribution in [-0.2, 0) is 11.3 Å². The van der Waals surface area contributed by atoms with E-state index >= 15 is 0 Å². The first-order valence-electron chi connectivity index (χ1n) is 13.7. The number of carbonyl (C=O) groups is 2. The highest BCUT2D eigenvalue weighted by atomic mass is 19.1. The molecule has 13 heteroatoms. The van der Waals surface area contributed by atoms with Gasteiger partial charge in [0.1, 0.15) is 17.7 Å². The lowest BCUT2D eigenvalue weighted by atomic mass is 10.0. The van der Waals surface area contributed by atoms with Crippen molar-refractivity contribution < 1.29 is 18.7 Å². The van der Waals surface area contributed by atoms with Crippen molar-refractivity contribution in [3.63, 3.8) is 0 Å². The van der Waals surface area contributed by atoms with Crippen LogP contribution in [-0.4, -0.2) is 43.8 Å². The normalized spacial score (nSPS) is 11.4. The van der Waals surface area contributed by atoms with E-state index in [9.17, 15) is 19.2 Å². The van der Waals surface area contributed by atoms with Crippen LogP contribution in [0.5, 0.6) is 0 Å². The summed E-state index contributed by atoms with van der Waals surface area (Å²) >= 11 is 0. The number of carbonyl (C=O) groups excluding carboxylic acids is 2. The summed E-state index contributed by atoms with van der Waals surface area (Å²) in [6.45, 7) is 5.67. The predicted octanol–water partition coefficient (Wildman–Crippen LogP) is 5.41. The van der Waals surface area contributed by atoms with E-state index in [4.69, 9.17) is 4.74 Å². The van der Waals surface area contributed by atoms with Crippen molar-refractivity contribution in [2.24, 2.45) is 0 Å². The molecule has 2 amide bonds. The third-order valence-corrected chi connectivity index (χ3v) is 6.80. The van der Waals surface area contributed by atoms with E-state index in [1.807, 2.05) is 36.4 Å². The first-order chi connectivity index (χ1) is 21.2. The van der Waals surface area contributed by atoms with Gasteiger partial charge in [0.25, 0.3) is 5.91 Å². The highest BCUT2D eigenvalue weighted by molar-refractivity contribution is 5.98. The van der Waals surface area contributed by atoms with Crippen molar-refractivity contribution >= 4 is 34.7 Å². The van der Waals surface area contributed by atoms with Gasteiger partial charge in [0.05, 0.1) is 24.2 Å². The Labute approximate surface area is 251 Å². The second kappa shape index (κ2) is 13.0. The fourth-order valence-corrected chi connectivity index (χ4v) is 4.38. The van der Waals surface area contributed by atoms with E-state index in [1.54, 1.807) is 39.1 Å². The van der Waals surface area contributed by atoms with Gasteiger partial charge in [-0.05, 0) is 55.2 Å². The topological polar surface area (TPSA) is 171 Å². The van der Waals surface area contributed by atoms with Crippen LogP contribution in [0, 0.1) is 24.1 Å². The van der Waals surface area contributed by atoms with Gasteiger partial charge >= 0.3 is 6.09 Å². The quantitative estimate of drug-likeness (QED) is 0.175. The number of halogens is 1. The molecule has 12 nitrogen and oxygen atoms in total. The maximum atomic E-state index is 14.1. The number of benzene rings is 2. The van der Waals surface area contributed by atoms with E-state index < -0.39 is 18.0 Å². The monoisotopic (exact) mass is 593 g/mol. The van der Waals surface area contributed by atoms with Crippen LogP contribution in [0.25, 0.3) is 22.2 Å². The van der Waals surface area contributed by atoms with Gasteiger partial charge in [-0.15, -0.1) is 0 Å². The number of rotatable bonds is 9. The summed E-state index contributed by atoms with van der Waals surface area (Å²) in [7, 11) is 0. The van der Waals surface area contributed by atoms with Gasteiger partial charge in [0.15, 0.2) is 22.9 Å². The van der Waals surface area contributed by atoms with Crippen LogP contribution in [0.4, 0.5) is 20.8 Å². The maximum Gasteiger partial charge on any atom is 0.412 e. The van der Waals surface area contributed by atoms with Gasteiger partial charge < -0.3 is 15.4 Å². The number of aryl methyl sites for hydroxylation is 1. The number of hydrogen-bond donors (Lipinski definition) is 4. The van der Waals surface area contributed by atoms with Crippen molar-refractivity contribution in [2.75, 3.05) is 17.2 Å². The largest absolute Gasteiger partial charge is 0.450 e. The Morgan fingerprint density at radius 1 is 1.09 bits per heavy atom. The molecule has 1 atom stereocenters.